The summed E-state index contributed by atoms with van der Waals surface area (Å²) < 4.78 is 91.5. The molecular weight excluding hydrogens is 587 g/mol. The molecule has 9 nitrogen and oxygen atoms in total. The second kappa shape index (κ2) is 12.7. The zero-order valence-corrected chi connectivity index (χ0v) is 24.3. The molecular formula is C30H30F3N3O6S. The van der Waals surface area contributed by atoms with Crippen LogP contribution in [0, 0.1) is 6.92 Å². The average Bonchev–Trinajstić information content (AvgIpc) is 2.98. The van der Waals surface area contributed by atoms with E-state index >= 15 is 0 Å². The van der Waals surface area contributed by atoms with E-state index in [1.807, 2.05) is 6.07 Å². The van der Waals surface area contributed by atoms with Crippen LogP contribution in [0.3, 0.4) is 0 Å². The molecule has 1 aliphatic heterocycles. The summed E-state index contributed by atoms with van der Waals surface area (Å²) in [6, 6.07) is 13.8. The lowest BCUT2D eigenvalue weighted by Gasteiger charge is -2.26. The van der Waals surface area contributed by atoms with Gasteiger partial charge in [-0.25, -0.2) is 8.42 Å². The molecule has 3 aromatic carbocycles. The number of alkyl halides is 3. The van der Waals surface area contributed by atoms with E-state index in [4.69, 9.17) is 18.9 Å². The summed E-state index contributed by atoms with van der Waals surface area (Å²) in [5.41, 5.74) is -0.152. The fourth-order valence-electron chi connectivity index (χ4n) is 4.73. The van der Waals surface area contributed by atoms with Crippen LogP contribution in [0.5, 0.6) is 23.0 Å². The zero-order chi connectivity index (χ0) is 30.6. The second-order valence-corrected chi connectivity index (χ2v) is 11.4. The first-order chi connectivity index (χ1) is 20.6. The molecule has 0 unspecified atom stereocenters. The Balaban J connectivity index is 1.34. The summed E-state index contributed by atoms with van der Waals surface area (Å²) in [4.78, 5) is 5.88. The van der Waals surface area contributed by atoms with E-state index in [0.29, 0.717) is 59.3 Å². The van der Waals surface area contributed by atoms with Crippen LogP contribution in [-0.2, 0) is 20.9 Å². The number of ether oxygens (including phenoxy) is 4. The van der Waals surface area contributed by atoms with Gasteiger partial charge in [-0.1, -0.05) is 12.1 Å². The molecule has 1 aromatic heterocycles. The summed E-state index contributed by atoms with van der Waals surface area (Å²) >= 11 is 0. The normalized spacial score (nSPS) is 14.4. The molecule has 0 saturated carbocycles. The number of benzene rings is 3. The predicted molar refractivity (Wildman–Crippen MR) is 155 cm³/mol. The number of halogens is 3. The Labute approximate surface area is 247 Å². The SMILES string of the molecule is COc1c(OCCN2CCOCC2)ccc2c(Oc3ccc(NS(=O)(=O)c4ccccc4C(F)(F)F)c(C)c3)ccnc12. The quantitative estimate of drug-likeness (QED) is 0.236. The fourth-order valence-corrected chi connectivity index (χ4v) is 6.09. The summed E-state index contributed by atoms with van der Waals surface area (Å²) in [5, 5.41) is 0.658. The number of rotatable bonds is 10. The van der Waals surface area contributed by atoms with Crippen molar-refractivity contribution < 1.29 is 40.5 Å². The Morgan fingerprint density at radius 2 is 1.79 bits per heavy atom. The number of morpholine rings is 1. The van der Waals surface area contributed by atoms with E-state index in [-0.39, 0.29) is 5.69 Å². The summed E-state index contributed by atoms with van der Waals surface area (Å²) in [7, 11) is -2.99. The molecule has 13 heteroatoms. The molecule has 5 rings (SSSR count). The van der Waals surface area contributed by atoms with Gasteiger partial charge < -0.3 is 18.9 Å². The number of aryl methyl sites for hydroxylation is 1. The van der Waals surface area contributed by atoms with E-state index in [0.717, 1.165) is 37.8 Å². The highest BCUT2D eigenvalue weighted by Gasteiger charge is 2.37. The van der Waals surface area contributed by atoms with Gasteiger partial charge in [0.2, 0.25) is 0 Å². The van der Waals surface area contributed by atoms with Crippen molar-refractivity contribution in [2.24, 2.45) is 0 Å². The number of nitrogens with zero attached hydrogens (tertiary/aromatic N) is 2. The van der Waals surface area contributed by atoms with Crippen LogP contribution in [0.4, 0.5) is 18.9 Å². The van der Waals surface area contributed by atoms with Gasteiger partial charge in [0, 0.05) is 31.2 Å². The van der Waals surface area contributed by atoms with E-state index in [2.05, 4.69) is 14.6 Å². The predicted octanol–water partition coefficient (Wildman–Crippen LogP) is 5.87. The maximum atomic E-state index is 13.4. The molecule has 0 aliphatic carbocycles. The van der Waals surface area contributed by atoms with Gasteiger partial charge in [0.15, 0.2) is 11.5 Å². The summed E-state index contributed by atoms with van der Waals surface area (Å²) in [6.07, 6.45) is -3.25. The Kier molecular flexibility index (Phi) is 8.95. The minimum atomic E-state index is -4.83. The molecule has 1 fully saturated rings. The first-order valence-corrected chi connectivity index (χ1v) is 14.9. The van der Waals surface area contributed by atoms with Gasteiger partial charge in [0.25, 0.3) is 10.0 Å². The second-order valence-electron chi connectivity index (χ2n) is 9.78. The van der Waals surface area contributed by atoms with Crippen molar-refractivity contribution in [3.8, 4) is 23.0 Å². The molecule has 2 heterocycles. The highest BCUT2D eigenvalue weighted by atomic mass is 32.2. The number of aromatic nitrogens is 1. The number of sulfonamides is 1. The lowest BCUT2D eigenvalue weighted by molar-refractivity contribution is -0.139. The third-order valence-corrected chi connectivity index (χ3v) is 8.34. The fraction of sp³-hybridized carbons (Fsp3) is 0.300. The van der Waals surface area contributed by atoms with Crippen molar-refractivity contribution in [2.75, 3.05) is 51.3 Å². The molecule has 0 atom stereocenters. The molecule has 0 amide bonds. The Bertz CT molecular complexity index is 1710. The third kappa shape index (κ3) is 6.95. The maximum Gasteiger partial charge on any atom is 0.417 e. The van der Waals surface area contributed by atoms with Crippen LogP contribution in [0.15, 0.2) is 71.8 Å². The van der Waals surface area contributed by atoms with Crippen LogP contribution < -0.4 is 18.9 Å². The van der Waals surface area contributed by atoms with Crippen molar-refractivity contribution in [2.45, 2.75) is 18.0 Å². The average molecular weight is 618 g/mol. The van der Waals surface area contributed by atoms with Crippen molar-refractivity contribution >= 4 is 26.6 Å². The molecule has 4 aromatic rings. The molecule has 1 N–H and O–H groups in total. The largest absolute Gasteiger partial charge is 0.491 e. The molecule has 0 bridgehead atoms. The van der Waals surface area contributed by atoms with E-state index in [1.165, 1.54) is 25.3 Å². The van der Waals surface area contributed by atoms with Gasteiger partial charge in [-0.2, -0.15) is 13.2 Å². The molecule has 0 radical (unpaired) electrons. The molecule has 43 heavy (non-hydrogen) atoms. The molecule has 1 saturated heterocycles. The minimum Gasteiger partial charge on any atom is -0.491 e. The van der Waals surface area contributed by atoms with Gasteiger partial charge in [-0.15, -0.1) is 0 Å². The van der Waals surface area contributed by atoms with Crippen LogP contribution >= 0.6 is 0 Å². The number of hydrogen-bond donors (Lipinski definition) is 1. The zero-order valence-electron chi connectivity index (χ0n) is 23.5. The van der Waals surface area contributed by atoms with Gasteiger partial charge in [-0.3, -0.25) is 14.6 Å². The van der Waals surface area contributed by atoms with Crippen LogP contribution in [0.2, 0.25) is 0 Å². The Hall–Kier alpha value is -4.07. The molecule has 228 valence electrons. The maximum absolute atomic E-state index is 13.4. The highest BCUT2D eigenvalue weighted by molar-refractivity contribution is 7.92. The Morgan fingerprint density at radius 1 is 1.02 bits per heavy atom. The van der Waals surface area contributed by atoms with Gasteiger partial charge >= 0.3 is 6.18 Å². The summed E-state index contributed by atoms with van der Waals surface area (Å²) in [6.45, 7) is 5.98. The van der Waals surface area contributed by atoms with E-state index in [1.54, 1.807) is 31.3 Å². The minimum absolute atomic E-state index is 0.115. The topological polar surface area (TPSA) is 99.2 Å². The lowest BCUT2D eigenvalue weighted by Crippen LogP contribution is -2.38. The molecule has 0 spiro atoms. The van der Waals surface area contributed by atoms with E-state index < -0.39 is 26.7 Å². The standard InChI is InChI=1S/C30H30F3N3O6S/c1-20-19-21(7-9-24(20)35-43(37,38)27-6-4-3-5-23(27)30(31,32)33)42-25-11-12-34-28-22(25)8-10-26(29(28)39-2)41-18-15-36-13-16-40-17-14-36/h3-12,19,35H,13-18H2,1-2H3. The smallest absolute Gasteiger partial charge is 0.417 e. The van der Waals surface area contributed by atoms with Crippen molar-refractivity contribution in [1.29, 1.82) is 0 Å². The first-order valence-electron chi connectivity index (χ1n) is 13.4. The lowest BCUT2D eigenvalue weighted by atomic mass is 10.1. The van der Waals surface area contributed by atoms with Gasteiger partial charge in [-0.05, 0) is 61.0 Å². The highest BCUT2D eigenvalue weighted by Crippen LogP contribution is 2.40. The van der Waals surface area contributed by atoms with Crippen LogP contribution in [0.1, 0.15) is 11.1 Å². The van der Waals surface area contributed by atoms with Crippen molar-refractivity contribution in [3.05, 3.63) is 78.0 Å². The molecule has 1 aliphatic rings. The van der Waals surface area contributed by atoms with Crippen LogP contribution in [-0.4, -0.2) is 64.9 Å². The number of pyridine rings is 1. The number of nitrogens with one attached hydrogen (secondary N) is 1. The van der Waals surface area contributed by atoms with Crippen molar-refractivity contribution in [1.82, 2.24) is 9.88 Å². The Morgan fingerprint density at radius 3 is 2.51 bits per heavy atom. The number of anilines is 1. The number of methoxy groups -OCH3 is 1. The first kappa shape index (κ1) is 30.4. The van der Waals surface area contributed by atoms with Gasteiger partial charge in [0.05, 0.1) is 36.5 Å². The van der Waals surface area contributed by atoms with E-state index in [9.17, 15) is 21.6 Å². The number of fused-ring (bicyclic) bond motifs is 1. The van der Waals surface area contributed by atoms with Crippen molar-refractivity contribution in [3.63, 3.8) is 0 Å². The monoisotopic (exact) mass is 617 g/mol. The summed E-state index contributed by atoms with van der Waals surface area (Å²) in [5.74, 6) is 1.86. The van der Waals surface area contributed by atoms with Gasteiger partial charge in [0.1, 0.15) is 23.6 Å². The third-order valence-electron chi connectivity index (χ3n) is 6.92. The number of hydrogen-bond acceptors (Lipinski definition) is 8. The van der Waals surface area contributed by atoms with Crippen LogP contribution in [0.25, 0.3) is 10.9 Å².